The fourth-order valence-corrected chi connectivity index (χ4v) is 4.97. The van der Waals surface area contributed by atoms with Crippen molar-refractivity contribution < 1.29 is 8.42 Å². The number of sulfone groups is 1. The van der Waals surface area contributed by atoms with Gasteiger partial charge in [0.1, 0.15) is 5.82 Å². The molecule has 2 aromatic rings. The Morgan fingerprint density at radius 3 is 2.54 bits per heavy atom. The van der Waals surface area contributed by atoms with Crippen molar-refractivity contribution in [1.29, 1.82) is 0 Å². The second-order valence-electron chi connectivity index (χ2n) is 6.99. The zero-order chi connectivity index (χ0) is 18.7. The van der Waals surface area contributed by atoms with E-state index in [1.54, 1.807) is 6.20 Å². The van der Waals surface area contributed by atoms with Gasteiger partial charge in [-0.3, -0.25) is 0 Å². The van der Waals surface area contributed by atoms with E-state index in [0.717, 1.165) is 5.69 Å². The average Bonchev–Trinajstić information content (AvgIpc) is 2.96. The molecule has 140 valence electrons. The zero-order valence-corrected chi connectivity index (χ0v) is 16.3. The highest BCUT2D eigenvalue weighted by Gasteiger charge is 2.32. The molecule has 1 unspecified atom stereocenters. The molecule has 1 atom stereocenters. The van der Waals surface area contributed by atoms with Crippen LogP contribution in [-0.2, 0) is 9.84 Å². The van der Waals surface area contributed by atoms with Gasteiger partial charge in [0.2, 0.25) is 5.95 Å². The summed E-state index contributed by atoms with van der Waals surface area (Å²) in [4.78, 5) is 10.9. The number of rotatable bonds is 6. The van der Waals surface area contributed by atoms with Crippen LogP contribution in [0.25, 0.3) is 0 Å². The fraction of sp³-hybridized carbons (Fsp3) is 0.474. The molecule has 3 rings (SSSR count). The Morgan fingerprint density at radius 2 is 1.96 bits per heavy atom. The Labute approximate surface area is 155 Å². The summed E-state index contributed by atoms with van der Waals surface area (Å²) in [6, 6.07) is 10.1. The van der Waals surface area contributed by atoms with Crippen molar-refractivity contribution in [2.75, 3.05) is 28.3 Å². The summed E-state index contributed by atoms with van der Waals surface area (Å²) < 4.78 is 23.6. The average molecular weight is 375 g/mol. The third-order valence-corrected chi connectivity index (χ3v) is 6.49. The summed E-state index contributed by atoms with van der Waals surface area (Å²) in [6.45, 7) is 7.01. The number of benzene rings is 1. The summed E-state index contributed by atoms with van der Waals surface area (Å²) in [6.07, 6.45) is 2.34. The van der Waals surface area contributed by atoms with Crippen molar-refractivity contribution in [2.45, 2.75) is 39.2 Å². The smallest absolute Gasteiger partial charge is 0.227 e. The molecule has 0 aliphatic carbocycles. The number of anilines is 3. The normalized spacial score (nSPS) is 18.8. The Hall–Kier alpha value is -2.15. The number of nitrogens with zero attached hydrogens (tertiary/aromatic N) is 3. The van der Waals surface area contributed by atoms with Crippen LogP contribution in [0.5, 0.6) is 0 Å². The molecule has 7 heteroatoms. The number of aromatic nitrogens is 2. The minimum Gasteiger partial charge on any atom is -0.340 e. The molecule has 0 spiro atoms. The van der Waals surface area contributed by atoms with E-state index in [2.05, 4.69) is 41.3 Å². The first-order valence-corrected chi connectivity index (χ1v) is 10.9. The molecule has 1 aliphatic rings. The minimum absolute atomic E-state index is 0.0504. The molecule has 1 N–H and O–H groups in total. The Kier molecular flexibility index (Phi) is 5.46. The fourth-order valence-electron chi connectivity index (χ4n) is 3.24. The van der Waals surface area contributed by atoms with E-state index in [1.807, 2.05) is 30.0 Å². The monoisotopic (exact) mass is 374 g/mol. The first kappa shape index (κ1) is 18.6. The maximum atomic E-state index is 11.8. The van der Waals surface area contributed by atoms with Crippen LogP contribution < -0.4 is 10.2 Å². The number of hydrogen-bond donors (Lipinski definition) is 1. The second-order valence-corrected chi connectivity index (χ2v) is 9.22. The third kappa shape index (κ3) is 4.33. The van der Waals surface area contributed by atoms with Gasteiger partial charge in [0.25, 0.3) is 0 Å². The van der Waals surface area contributed by atoms with Crippen LogP contribution in [0.15, 0.2) is 36.5 Å². The van der Waals surface area contributed by atoms with Crippen LogP contribution in [0.2, 0.25) is 0 Å². The first-order valence-electron chi connectivity index (χ1n) is 9.05. The lowest BCUT2D eigenvalue weighted by molar-refractivity contribution is 0.599. The van der Waals surface area contributed by atoms with E-state index in [1.165, 1.54) is 5.56 Å². The van der Waals surface area contributed by atoms with Crippen molar-refractivity contribution in [1.82, 2.24) is 9.97 Å². The molecule has 0 radical (unpaired) electrons. The maximum Gasteiger partial charge on any atom is 0.227 e. The molecule has 6 nitrogen and oxygen atoms in total. The summed E-state index contributed by atoms with van der Waals surface area (Å²) in [7, 11) is -2.94. The van der Waals surface area contributed by atoms with Gasteiger partial charge < -0.3 is 10.2 Å². The van der Waals surface area contributed by atoms with Gasteiger partial charge in [-0.2, -0.15) is 4.98 Å². The molecular weight excluding hydrogens is 348 g/mol. The van der Waals surface area contributed by atoms with Gasteiger partial charge in [0, 0.05) is 24.5 Å². The quantitative estimate of drug-likeness (QED) is 0.836. The van der Waals surface area contributed by atoms with Crippen molar-refractivity contribution in [3.05, 3.63) is 42.1 Å². The highest BCUT2D eigenvalue weighted by atomic mass is 32.2. The van der Waals surface area contributed by atoms with Crippen LogP contribution in [0.1, 0.15) is 38.7 Å². The molecule has 1 saturated heterocycles. The number of hydrogen-bond acceptors (Lipinski definition) is 6. The van der Waals surface area contributed by atoms with Gasteiger partial charge in [-0.05, 0) is 43.0 Å². The predicted octanol–water partition coefficient (Wildman–Crippen LogP) is 3.36. The first-order chi connectivity index (χ1) is 12.4. The molecule has 2 heterocycles. The lowest BCUT2D eigenvalue weighted by Crippen LogP contribution is -2.37. The minimum atomic E-state index is -2.94. The molecule has 1 aromatic heterocycles. The van der Waals surface area contributed by atoms with Gasteiger partial charge in [0.15, 0.2) is 9.84 Å². The summed E-state index contributed by atoms with van der Waals surface area (Å²) >= 11 is 0. The predicted molar refractivity (Wildman–Crippen MR) is 106 cm³/mol. The lowest BCUT2D eigenvalue weighted by Gasteiger charge is -2.26. The molecule has 1 aliphatic heterocycles. The van der Waals surface area contributed by atoms with E-state index in [4.69, 9.17) is 0 Å². The van der Waals surface area contributed by atoms with E-state index in [-0.39, 0.29) is 17.5 Å². The van der Waals surface area contributed by atoms with Gasteiger partial charge in [0.05, 0.1) is 11.5 Å². The molecule has 1 fully saturated rings. The van der Waals surface area contributed by atoms with Gasteiger partial charge >= 0.3 is 0 Å². The van der Waals surface area contributed by atoms with Crippen molar-refractivity contribution in [3.63, 3.8) is 0 Å². The van der Waals surface area contributed by atoms with Gasteiger partial charge in [-0.1, -0.05) is 26.0 Å². The highest BCUT2D eigenvalue weighted by Crippen LogP contribution is 2.24. The van der Waals surface area contributed by atoms with E-state index in [9.17, 15) is 8.42 Å². The van der Waals surface area contributed by atoms with E-state index >= 15 is 0 Å². The summed E-state index contributed by atoms with van der Waals surface area (Å²) in [5.41, 5.74) is 2.25. The summed E-state index contributed by atoms with van der Waals surface area (Å²) in [5.74, 6) is 2.19. The van der Waals surface area contributed by atoms with Crippen LogP contribution in [0.3, 0.4) is 0 Å². The molecule has 0 amide bonds. The molecule has 26 heavy (non-hydrogen) atoms. The Morgan fingerprint density at radius 1 is 1.23 bits per heavy atom. The third-order valence-electron chi connectivity index (χ3n) is 4.74. The maximum absolute atomic E-state index is 11.8. The number of nitrogens with one attached hydrogen (secondary N) is 1. The van der Waals surface area contributed by atoms with Crippen LogP contribution in [0.4, 0.5) is 17.5 Å². The molecule has 1 aromatic carbocycles. The summed E-state index contributed by atoms with van der Waals surface area (Å²) in [5, 5.41) is 3.30. The van der Waals surface area contributed by atoms with Crippen molar-refractivity contribution >= 4 is 27.3 Å². The topological polar surface area (TPSA) is 75.2 Å². The SMILES string of the molecule is CCN(c1nccc(Nc2ccc(C(C)C)cc2)n1)C1CCS(=O)(=O)C1. The van der Waals surface area contributed by atoms with Crippen LogP contribution in [-0.4, -0.2) is 42.5 Å². The standard InChI is InChI=1S/C19H26N4O2S/c1-4-23(17-10-12-26(24,25)13-17)19-20-11-9-18(22-19)21-16-7-5-15(6-8-16)14(2)3/h5-9,11,14,17H,4,10,12-13H2,1-3H3,(H,20,21,22). The largest absolute Gasteiger partial charge is 0.340 e. The van der Waals surface area contributed by atoms with E-state index in [0.29, 0.717) is 30.6 Å². The van der Waals surface area contributed by atoms with Crippen molar-refractivity contribution in [3.8, 4) is 0 Å². The second kappa shape index (κ2) is 7.61. The van der Waals surface area contributed by atoms with Crippen molar-refractivity contribution in [2.24, 2.45) is 0 Å². The molecular formula is C19H26N4O2S. The molecule has 0 saturated carbocycles. The van der Waals surface area contributed by atoms with Gasteiger partial charge in [-0.25, -0.2) is 13.4 Å². The lowest BCUT2D eigenvalue weighted by atomic mass is 10.0. The Bertz CT molecular complexity index is 850. The van der Waals surface area contributed by atoms with Crippen LogP contribution in [0, 0.1) is 0 Å². The van der Waals surface area contributed by atoms with Gasteiger partial charge in [-0.15, -0.1) is 0 Å². The molecule has 0 bridgehead atoms. The van der Waals surface area contributed by atoms with E-state index < -0.39 is 9.84 Å². The highest BCUT2D eigenvalue weighted by molar-refractivity contribution is 7.91. The Balaban J connectivity index is 1.76. The zero-order valence-electron chi connectivity index (χ0n) is 15.5. The van der Waals surface area contributed by atoms with Crippen LogP contribution >= 0.6 is 0 Å².